The van der Waals surface area contributed by atoms with Crippen LogP contribution in [0.25, 0.3) is 5.65 Å². The van der Waals surface area contributed by atoms with Crippen molar-refractivity contribution < 1.29 is 9.53 Å². The van der Waals surface area contributed by atoms with Crippen molar-refractivity contribution in [2.45, 2.75) is 45.1 Å². The molecule has 1 aliphatic rings. The summed E-state index contributed by atoms with van der Waals surface area (Å²) in [6.07, 6.45) is 4.06. The third-order valence-electron chi connectivity index (χ3n) is 4.59. The molecule has 24 heavy (non-hydrogen) atoms. The Balaban J connectivity index is 1.93. The number of ether oxygens (including phenoxy) is 1. The van der Waals surface area contributed by atoms with Gasteiger partial charge < -0.3 is 9.64 Å². The Morgan fingerprint density at radius 1 is 1.42 bits per heavy atom. The van der Waals surface area contributed by atoms with E-state index in [2.05, 4.69) is 10.1 Å². The predicted molar refractivity (Wildman–Crippen MR) is 90.0 cm³/mol. The van der Waals surface area contributed by atoms with E-state index in [-0.39, 0.29) is 17.5 Å². The molecular formula is C17H24N4O3. The fourth-order valence-corrected chi connectivity index (χ4v) is 3.30. The van der Waals surface area contributed by atoms with Crippen LogP contribution < -0.4 is 5.56 Å². The highest BCUT2D eigenvalue weighted by Crippen LogP contribution is 2.30. The molecule has 1 amide bonds. The Labute approximate surface area is 140 Å². The topological polar surface area (TPSA) is 79.7 Å². The smallest absolute Gasteiger partial charge is 0.272 e. The summed E-state index contributed by atoms with van der Waals surface area (Å²) < 4.78 is 6.48. The van der Waals surface area contributed by atoms with Crippen molar-refractivity contribution in [1.29, 1.82) is 0 Å². The SMILES string of the molecule is CCc1cc(=O)n2[nH]c([C@H]3CCCCN3C(=O)CCOC)cc2n1. The van der Waals surface area contributed by atoms with Gasteiger partial charge in [0.1, 0.15) is 0 Å². The maximum absolute atomic E-state index is 12.5. The summed E-state index contributed by atoms with van der Waals surface area (Å²) in [4.78, 5) is 31.1. The number of amides is 1. The minimum atomic E-state index is -0.115. The van der Waals surface area contributed by atoms with Gasteiger partial charge >= 0.3 is 0 Å². The molecule has 1 saturated heterocycles. The molecule has 7 heteroatoms. The lowest BCUT2D eigenvalue weighted by Crippen LogP contribution is -2.39. The number of aromatic nitrogens is 3. The van der Waals surface area contributed by atoms with Gasteiger partial charge in [-0.2, -0.15) is 0 Å². The number of carbonyl (C=O) groups is 1. The van der Waals surface area contributed by atoms with Crippen LogP contribution >= 0.6 is 0 Å². The maximum atomic E-state index is 12.5. The molecule has 0 aliphatic carbocycles. The first-order valence-corrected chi connectivity index (χ1v) is 8.54. The summed E-state index contributed by atoms with van der Waals surface area (Å²) >= 11 is 0. The number of likely N-dealkylation sites (tertiary alicyclic amines) is 1. The Bertz CT molecular complexity index is 780. The molecule has 0 unspecified atom stereocenters. The van der Waals surface area contributed by atoms with Crippen LogP contribution in [0.3, 0.4) is 0 Å². The van der Waals surface area contributed by atoms with Gasteiger partial charge in [0.15, 0.2) is 5.65 Å². The van der Waals surface area contributed by atoms with Crippen molar-refractivity contribution in [3.05, 3.63) is 33.9 Å². The van der Waals surface area contributed by atoms with E-state index < -0.39 is 0 Å². The Morgan fingerprint density at radius 3 is 3.00 bits per heavy atom. The van der Waals surface area contributed by atoms with Crippen LogP contribution in [0.1, 0.15) is 50.0 Å². The van der Waals surface area contributed by atoms with Crippen LogP contribution in [-0.2, 0) is 16.0 Å². The van der Waals surface area contributed by atoms with Crippen LogP contribution in [0.15, 0.2) is 16.9 Å². The molecule has 3 heterocycles. The second-order valence-electron chi connectivity index (χ2n) is 6.19. The number of H-pyrrole nitrogens is 1. The molecule has 2 aromatic heterocycles. The van der Waals surface area contributed by atoms with Gasteiger partial charge in [-0.25, -0.2) is 9.50 Å². The molecule has 1 N–H and O–H groups in total. The third-order valence-corrected chi connectivity index (χ3v) is 4.59. The zero-order valence-electron chi connectivity index (χ0n) is 14.2. The van der Waals surface area contributed by atoms with E-state index in [9.17, 15) is 9.59 Å². The van der Waals surface area contributed by atoms with Crippen LogP contribution in [0.5, 0.6) is 0 Å². The monoisotopic (exact) mass is 332 g/mol. The van der Waals surface area contributed by atoms with Crippen molar-refractivity contribution in [2.24, 2.45) is 0 Å². The van der Waals surface area contributed by atoms with E-state index in [1.165, 1.54) is 4.52 Å². The molecule has 0 spiro atoms. The Hall–Kier alpha value is -2.15. The molecule has 3 rings (SSSR count). The number of piperidine rings is 1. The number of aromatic amines is 1. The van der Waals surface area contributed by atoms with Gasteiger partial charge in [-0.15, -0.1) is 0 Å². The average molecular weight is 332 g/mol. The Kier molecular flexibility index (Phi) is 4.99. The minimum Gasteiger partial charge on any atom is -0.384 e. The van der Waals surface area contributed by atoms with E-state index in [1.807, 2.05) is 17.9 Å². The van der Waals surface area contributed by atoms with Crippen molar-refractivity contribution in [3.8, 4) is 0 Å². The van der Waals surface area contributed by atoms with Crippen LogP contribution in [0.2, 0.25) is 0 Å². The molecule has 2 aromatic rings. The molecule has 1 fully saturated rings. The first-order valence-electron chi connectivity index (χ1n) is 8.54. The van der Waals surface area contributed by atoms with E-state index in [0.29, 0.717) is 18.7 Å². The summed E-state index contributed by atoms with van der Waals surface area (Å²) in [5.74, 6) is 0.0924. The molecule has 1 atom stereocenters. The number of fused-ring (bicyclic) bond motifs is 1. The van der Waals surface area contributed by atoms with Gasteiger partial charge in [-0.05, 0) is 25.7 Å². The fraction of sp³-hybridized carbons (Fsp3) is 0.588. The van der Waals surface area contributed by atoms with Crippen LogP contribution in [0, 0.1) is 0 Å². The lowest BCUT2D eigenvalue weighted by Gasteiger charge is -2.35. The molecule has 0 radical (unpaired) electrons. The summed E-state index contributed by atoms with van der Waals surface area (Å²) in [7, 11) is 1.60. The highest BCUT2D eigenvalue weighted by atomic mass is 16.5. The maximum Gasteiger partial charge on any atom is 0.272 e. The molecule has 1 aliphatic heterocycles. The highest BCUT2D eigenvalue weighted by molar-refractivity contribution is 5.77. The number of nitrogens with zero attached hydrogens (tertiary/aromatic N) is 3. The summed E-state index contributed by atoms with van der Waals surface area (Å²) in [6.45, 7) is 3.14. The molecule has 130 valence electrons. The summed E-state index contributed by atoms with van der Waals surface area (Å²) in [5.41, 5.74) is 2.15. The number of rotatable bonds is 5. The number of carbonyl (C=O) groups excluding carboxylic acids is 1. The normalized spacial score (nSPS) is 18.2. The van der Waals surface area contributed by atoms with Crippen molar-refractivity contribution >= 4 is 11.6 Å². The lowest BCUT2D eigenvalue weighted by atomic mass is 9.99. The van der Waals surface area contributed by atoms with Crippen molar-refractivity contribution in [2.75, 3.05) is 20.3 Å². The van der Waals surface area contributed by atoms with Gasteiger partial charge in [0, 0.05) is 31.5 Å². The number of aryl methyl sites for hydroxylation is 1. The standard InChI is InChI=1S/C17H24N4O3/c1-3-12-10-17(23)21-15(18-12)11-13(19-21)14-6-4-5-8-20(14)16(22)7-9-24-2/h10-11,14,19H,3-9H2,1-2H3/t14-/m1/s1. The van der Waals surface area contributed by atoms with E-state index in [1.54, 1.807) is 13.2 Å². The van der Waals surface area contributed by atoms with Gasteiger partial charge in [0.2, 0.25) is 5.91 Å². The van der Waals surface area contributed by atoms with Crippen molar-refractivity contribution in [1.82, 2.24) is 19.5 Å². The van der Waals surface area contributed by atoms with Gasteiger partial charge in [-0.1, -0.05) is 6.92 Å². The number of hydrogen-bond donors (Lipinski definition) is 1. The zero-order valence-corrected chi connectivity index (χ0v) is 14.2. The molecule has 0 saturated carbocycles. The summed E-state index contributed by atoms with van der Waals surface area (Å²) in [6, 6.07) is 3.41. The zero-order chi connectivity index (χ0) is 17.1. The Morgan fingerprint density at radius 2 is 2.25 bits per heavy atom. The number of methoxy groups -OCH3 is 1. The first-order chi connectivity index (χ1) is 11.6. The second-order valence-corrected chi connectivity index (χ2v) is 6.19. The third kappa shape index (κ3) is 3.21. The molecule has 0 bridgehead atoms. The fourth-order valence-electron chi connectivity index (χ4n) is 3.30. The highest BCUT2D eigenvalue weighted by Gasteiger charge is 2.29. The minimum absolute atomic E-state index is 0.0331. The quantitative estimate of drug-likeness (QED) is 0.903. The van der Waals surface area contributed by atoms with Crippen molar-refractivity contribution in [3.63, 3.8) is 0 Å². The first kappa shape index (κ1) is 16.7. The number of nitrogens with one attached hydrogen (secondary N) is 1. The van der Waals surface area contributed by atoms with E-state index in [0.717, 1.165) is 43.6 Å². The number of hydrogen-bond acceptors (Lipinski definition) is 4. The second kappa shape index (κ2) is 7.17. The average Bonchev–Trinajstić information content (AvgIpc) is 3.04. The summed E-state index contributed by atoms with van der Waals surface area (Å²) in [5, 5.41) is 3.14. The lowest BCUT2D eigenvalue weighted by molar-refractivity contribution is -0.136. The van der Waals surface area contributed by atoms with Gasteiger partial charge in [-0.3, -0.25) is 14.7 Å². The molecular weight excluding hydrogens is 308 g/mol. The van der Waals surface area contributed by atoms with Gasteiger partial charge in [0.05, 0.1) is 24.8 Å². The van der Waals surface area contributed by atoms with E-state index in [4.69, 9.17) is 4.74 Å². The van der Waals surface area contributed by atoms with Crippen LogP contribution in [0.4, 0.5) is 0 Å². The largest absolute Gasteiger partial charge is 0.384 e. The van der Waals surface area contributed by atoms with Gasteiger partial charge in [0.25, 0.3) is 5.56 Å². The van der Waals surface area contributed by atoms with Crippen LogP contribution in [-0.4, -0.2) is 45.7 Å². The molecule has 0 aromatic carbocycles. The molecule has 7 nitrogen and oxygen atoms in total. The predicted octanol–water partition coefficient (Wildman–Crippen LogP) is 1.68. The van der Waals surface area contributed by atoms with E-state index >= 15 is 0 Å².